The highest BCUT2D eigenvalue weighted by atomic mass is 16.1. The lowest BCUT2D eigenvalue weighted by atomic mass is 9.95. The van der Waals surface area contributed by atoms with Crippen LogP contribution in [0.1, 0.15) is 26.7 Å². The van der Waals surface area contributed by atoms with Crippen LogP contribution in [-0.2, 0) is 4.79 Å². The fourth-order valence-corrected chi connectivity index (χ4v) is 2.10. The molecule has 0 aliphatic carbocycles. The normalized spacial score (nSPS) is 20.0. The Hall–Kier alpha value is -0.570. The molecule has 0 aromatic carbocycles. The molecule has 82 valence electrons. The molecule has 3 nitrogen and oxygen atoms in total. The van der Waals surface area contributed by atoms with E-state index in [0.717, 1.165) is 31.8 Å². The van der Waals surface area contributed by atoms with E-state index in [1.54, 1.807) is 7.05 Å². The molecule has 3 heteroatoms. The molecule has 0 radical (unpaired) electrons. The van der Waals surface area contributed by atoms with Gasteiger partial charge in [-0.25, -0.2) is 0 Å². The van der Waals surface area contributed by atoms with Gasteiger partial charge in [-0.05, 0) is 31.8 Å². The maximum absolute atomic E-state index is 11.4. The number of piperidine rings is 1. The molecular weight excluding hydrogens is 176 g/mol. The van der Waals surface area contributed by atoms with Gasteiger partial charge in [0.05, 0.1) is 0 Å². The summed E-state index contributed by atoms with van der Waals surface area (Å²) in [4.78, 5) is 13.8. The molecule has 1 amide bonds. The van der Waals surface area contributed by atoms with Gasteiger partial charge in [-0.3, -0.25) is 4.79 Å². The number of carbonyl (C=O) groups excluding carboxylic acids is 1. The molecule has 1 fully saturated rings. The van der Waals surface area contributed by atoms with Crippen molar-refractivity contribution in [2.75, 3.05) is 26.7 Å². The third-order valence-corrected chi connectivity index (χ3v) is 2.83. The van der Waals surface area contributed by atoms with Crippen molar-refractivity contribution in [3.05, 3.63) is 0 Å². The minimum atomic E-state index is 0.217. The minimum absolute atomic E-state index is 0.217. The molecule has 0 unspecified atom stereocenters. The molecule has 0 aromatic heterocycles. The number of amides is 1. The molecule has 0 atom stereocenters. The number of nitrogens with zero attached hydrogens (tertiary/aromatic N) is 1. The maximum atomic E-state index is 11.4. The second-order valence-corrected chi connectivity index (χ2v) is 4.58. The standard InChI is InChI=1S/C11H22N2O/c1-9(2)8-13-6-4-10(5-7-13)11(14)12-3/h9-10H,4-8H2,1-3H3,(H,12,14). The van der Waals surface area contributed by atoms with Gasteiger partial charge in [0.1, 0.15) is 0 Å². The Bertz CT molecular complexity index is 184. The van der Waals surface area contributed by atoms with E-state index < -0.39 is 0 Å². The van der Waals surface area contributed by atoms with Crippen molar-refractivity contribution in [2.45, 2.75) is 26.7 Å². The lowest BCUT2D eigenvalue weighted by Crippen LogP contribution is -2.40. The Morgan fingerprint density at radius 2 is 2.00 bits per heavy atom. The van der Waals surface area contributed by atoms with Crippen molar-refractivity contribution in [2.24, 2.45) is 11.8 Å². The van der Waals surface area contributed by atoms with Crippen molar-refractivity contribution >= 4 is 5.91 Å². The highest BCUT2D eigenvalue weighted by molar-refractivity contribution is 5.78. The lowest BCUT2D eigenvalue weighted by Gasteiger charge is -2.32. The zero-order valence-electron chi connectivity index (χ0n) is 9.55. The summed E-state index contributed by atoms with van der Waals surface area (Å²) < 4.78 is 0. The van der Waals surface area contributed by atoms with Gasteiger partial charge in [0.2, 0.25) is 5.91 Å². The predicted molar refractivity (Wildman–Crippen MR) is 58.1 cm³/mol. The Morgan fingerprint density at radius 1 is 1.43 bits per heavy atom. The zero-order chi connectivity index (χ0) is 10.6. The van der Waals surface area contributed by atoms with Gasteiger partial charge < -0.3 is 10.2 Å². The van der Waals surface area contributed by atoms with Crippen LogP contribution in [0.25, 0.3) is 0 Å². The van der Waals surface area contributed by atoms with Gasteiger partial charge in [0.25, 0.3) is 0 Å². The van der Waals surface area contributed by atoms with Crippen LogP contribution in [0.5, 0.6) is 0 Å². The summed E-state index contributed by atoms with van der Waals surface area (Å²) in [6.45, 7) is 7.81. The summed E-state index contributed by atoms with van der Waals surface area (Å²) in [6, 6.07) is 0. The van der Waals surface area contributed by atoms with E-state index in [1.807, 2.05) is 0 Å². The number of rotatable bonds is 3. The van der Waals surface area contributed by atoms with Gasteiger partial charge in [0.15, 0.2) is 0 Å². The Balaban J connectivity index is 2.27. The monoisotopic (exact) mass is 198 g/mol. The minimum Gasteiger partial charge on any atom is -0.359 e. The summed E-state index contributed by atoms with van der Waals surface area (Å²) in [5, 5.41) is 2.73. The third kappa shape index (κ3) is 3.29. The summed E-state index contributed by atoms with van der Waals surface area (Å²) in [7, 11) is 1.73. The molecule has 0 bridgehead atoms. The zero-order valence-corrected chi connectivity index (χ0v) is 9.55. The highest BCUT2D eigenvalue weighted by Gasteiger charge is 2.23. The first kappa shape index (κ1) is 11.5. The smallest absolute Gasteiger partial charge is 0.222 e. The number of nitrogens with one attached hydrogen (secondary N) is 1. The average Bonchev–Trinajstić information content (AvgIpc) is 2.17. The molecule has 0 spiro atoms. The van der Waals surface area contributed by atoms with Crippen LogP contribution in [0.4, 0.5) is 0 Å². The topological polar surface area (TPSA) is 32.3 Å². The molecule has 0 aromatic rings. The van der Waals surface area contributed by atoms with Crippen molar-refractivity contribution in [1.29, 1.82) is 0 Å². The van der Waals surface area contributed by atoms with Crippen molar-refractivity contribution in [3.8, 4) is 0 Å². The summed E-state index contributed by atoms with van der Waals surface area (Å²) in [6.07, 6.45) is 2.04. The molecule has 1 N–H and O–H groups in total. The Labute approximate surface area is 86.9 Å². The average molecular weight is 198 g/mol. The first-order valence-corrected chi connectivity index (χ1v) is 5.57. The van der Waals surface area contributed by atoms with Gasteiger partial charge in [-0.1, -0.05) is 13.8 Å². The van der Waals surface area contributed by atoms with Crippen LogP contribution in [-0.4, -0.2) is 37.5 Å². The van der Waals surface area contributed by atoms with Crippen LogP contribution in [0.3, 0.4) is 0 Å². The second kappa shape index (κ2) is 5.35. The number of carbonyl (C=O) groups is 1. The molecule has 14 heavy (non-hydrogen) atoms. The van der Waals surface area contributed by atoms with Crippen LogP contribution >= 0.6 is 0 Å². The first-order chi connectivity index (χ1) is 6.63. The summed E-state index contributed by atoms with van der Waals surface area (Å²) in [5.74, 6) is 1.20. The van der Waals surface area contributed by atoms with E-state index >= 15 is 0 Å². The molecule has 1 aliphatic rings. The maximum Gasteiger partial charge on any atom is 0.222 e. The number of hydrogen-bond donors (Lipinski definition) is 1. The molecule has 1 rings (SSSR count). The molecule has 1 aliphatic heterocycles. The Kier molecular flexibility index (Phi) is 4.39. The molecule has 1 saturated heterocycles. The number of hydrogen-bond acceptors (Lipinski definition) is 2. The largest absolute Gasteiger partial charge is 0.359 e. The fraction of sp³-hybridized carbons (Fsp3) is 0.909. The van der Waals surface area contributed by atoms with Crippen LogP contribution in [0.2, 0.25) is 0 Å². The van der Waals surface area contributed by atoms with Crippen LogP contribution in [0, 0.1) is 11.8 Å². The lowest BCUT2D eigenvalue weighted by molar-refractivity contribution is -0.125. The Morgan fingerprint density at radius 3 is 2.43 bits per heavy atom. The van der Waals surface area contributed by atoms with E-state index in [2.05, 4.69) is 24.1 Å². The summed E-state index contributed by atoms with van der Waals surface area (Å²) >= 11 is 0. The first-order valence-electron chi connectivity index (χ1n) is 5.57. The molecule has 1 heterocycles. The van der Waals surface area contributed by atoms with E-state index in [9.17, 15) is 4.79 Å². The van der Waals surface area contributed by atoms with Gasteiger partial charge in [0, 0.05) is 19.5 Å². The van der Waals surface area contributed by atoms with Gasteiger partial charge >= 0.3 is 0 Å². The quantitative estimate of drug-likeness (QED) is 0.736. The van der Waals surface area contributed by atoms with Crippen molar-refractivity contribution in [3.63, 3.8) is 0 Å². The SMILES string of the molecule is CNC(=O)C1CCN(CC(C)C)CC1. The van der Waals surface area contributed by atoms with Gasteiger partial charge in [-0.2, -0.15) is 0 Å². The van der Waals surface area contributed by atoms with Crippen LogP contribution < -0.4 is 5.32 Å². The summed E-state index contributed by atoms with van der Waals surface area (Å²) in [5.41, 5.74) is 0. The second-order valence-electron chi connectivity index (χ2n) is 4.58. The van der Waals surface area contributed by atoms with Crippen LogP contribution in [0.15, 0.2) is 0 Å². The van der Waals surface area contributed by atoms with Crippen molar-refractivity contribution in [1.82, 2.24) is 10.2 Å². The fourth-order valence-electron chi connectivity index (χ4n) is 2.10. The van der Waals surface area contributed by atoms with Gasteiger partial charge in [-0.15, -0.1) is 0 Å². The molecule has 0 saturated carbocycles. The van der Waals surface area contributed by atoms with E-state index in [1.165, 1.54) is 6.54 Å². The highest BCUT2D eigenvalue weighted by Crippen LogP contribution is 2.17. The van der Waals surface area contributed by atoms with E-state index in [0.29, 0.717) is 0 Å². The van der Waals surface area contributed by atoms with E-state index in [-0.39, 0.29) is 11.8 Å². The third-order valence-electron chi connectivity index (χ3n) is 2.83. The van der Waals surface area contributed by atoms with E-state index in [4.69, 9.17) is 0 Å². The number of likely N-dealkylation sites (tertiary alicyclic amines) is 1. The van der Waals surface area contributed by atoms with Crippen molar-refractivity contribution < 1.29 is 4.79 Å². The predicted octanol–water partition coefficient (Wildman–Crippen LogP) is 1.10. The molecular formula is C11H22N2O.